The lowest BCUT2D eigenvalue weighted by molar-refractivity contribution is -0.127. The van der Waals surface area contributed by atoms with E-state index in [1.807, 2.05) is 20.8 Å². The number of ketones is 1. The SMILES string of the molecule is CC(=O)[C@H]1CC[C@H]2[C@@H]3CC=C4C[C@@H](O)CC[C@]4(C)[C@H]3CC[C@]12C.CCOCC. The highest BCUT2D eigenvalue weighted by molar-refractivity contribution is 5.79. The van der Waals surface area contributed by atoms with Crippen LogP contribution >= 0.6 is 0 Å². The lowest BCUT2D eigenvalue weighted by Crippen LogP contribution is -2.50. The second-order valence-corrected chi connectivity index (χ2v) is 10.2. The van der Waals surface area contributed by atoms with E-state index < -0.39 is 0 Å². The van der Waals surface area contributed by atoms with Gasteiger partial charge in [-0.15, -0.1) is 0 Å². The summed E-state index contributed by atoms with van der Waals surface area (Å²) in [7, 11) is 0. The standard InChI is InChI=1S/C21H32O2.C4H10O/c1-13(22)17-6-7-18-16-5-4-14-12-15(23)8-10-20(14,2)19(16)9-11-21(17,18)3;1-3-5-4-2/h4,15-19,23H,5-12H2,1-3H3;3-4H2,1-2H3/t15-,16-,17+,18-,19-,20-,21+;/m0./s1. The molecule has 0 unspecified atom stereocenters. The predicted molar refractivity (Wildman–Crippen MR) is 114 cm³/mol. The Morgan fingerprint density at radius 2 is 1.82 bits per heavy atom. The monoisotopic (exact) mass is 390 g/mol. The van der Waals surface area contributed by atoms with Gasteiger partial charge in [0.2, 0.25) is 0 Å². The normalized spacial score (nSPS) is 44.4. The summed E-state index contributed by atoms with van der Waals surface area (Å²) in [4.78, 5) is 12.2. The van der Waals surface area contributed by atoms with Crippen molar-refractivity contribution in [1.82, 2.24) is 0 Å². The molecule has 3 nitrogen and oxygen atoms in total. The fourth-order valence-corrected chi connectivity index (χ4v) is 7.51. The molecule has 4 rings (SSSR count). The number of allylic oxidation sites excluding steroid dienone is 1. The van der Waals surface area contributed by atoms with Crippen LogP contribution in [0, 0.1) is 34.5 Å². The first-order valence-corrected chi connectivity index (χ1v) is 11.7. The Kier molecular flexibility index (Phi) is 6.76. The molecule has 160 valence electrons. The Balaban J connectivity index is 0.000000403. The average Bonchev–Trinajstić information content (AvgIpc) is 3.01. The smallest absolute Gasteiger partial charge is 0.133 e. The Morgan fingerprint density at radius 1 is 1.11 bits per heavy atom. The Hall–Kier alpha value is -0.670. The van der Waals surface area contributed by atoms with Crippen LogP contribution in [-0.2, 0) is 9.53 Å². The van der Waals surface area contributed by atoms with Crippen LogP contribution in [0.25, 0.3) is 0 Å². The first-order chi connectivity index (χ1) is 13.3. The maximum atomic E-state index is 12.2. The summed E-state index contributed by atoms with van der Waals surface area (Å²) in [6.07, 6.45) is 11.5. The minimum absolute atomic E-state index is 0.117. The van der Waals surface area contributed by atoms with Crippen LogP contribution in [0.1, 0.15) is 86.0 Å². The van der Waals surface area contributed by atoms with Crippen molar-refractivity contribution < 1.29 is 14.6 Å². The molecule has 0 amide bonds. The van der Waals surface area contributed by atoms with Gasteiger partial charge in [-0.1, -0.05) is 25.5 Å². The summed E-state index contributed by atoms with van der Waals surface area (Å²) in [5.74, 6) is 3.00. The van der Waals surface area contributed by atoms with Crippen LogP contribution in [-0.4, -0.2) is 30.2 Å². The van der Waals surface area contributed by atoms with E-state index in [1.54, 1.807) is 5.57 Å². The van der Waals surface area contributed by atoms with Crippen LogP contribution in [0.5, 0.6) is 0 Å². The van der Waals surface area contributed by atoms with Gasteiger partial charge in [0, 0.05) is 19.1 Å². The largest absolute Gasteiger partial charge is 0.393 e. The van der Waals surface area contributed by atoms with Crippen molar-refractivity contribution >= 4 is 5.78 Å². The zero-order valence-corrected chi connectivity index (χ0v) is 18.8. The third-order valence-electron chi connectivity index (χ3n) is 8.98. The summed E-state index contributed by atoms with van der Waals surface area (Å²) in [5, 5.41) is 10.1. The molecular formula is C25H42O3. The van der Waals surface area contributed by atoms with Crippen molar-refractivity contribution in [2.24, 2.45) is 34.5 Å². The van der Waals surface area contributed by atoms with Gasteiger partial charge in [-0.2, -0.15) is 0 Å². The van der Waals surface area contributed by atoms with Gasteiger partial charge < -0.3 is 9.84 Å². The zero-order chi connectivity index (χ0) is 20.5. The van der Waals surface area contributed by atoms with E-state index in [-0.39, 0.29) is 11.5 Å². The molecule has 0 aliphatic heterocycles. The molecule has 0 heterocycles. The molecule has 0 aromatic carbocycles. The van der Waals surface area contributed by atoms with Gasteiger partial charge in [0.25, 0.3) is 0 Å². The van der Waals surface area contributed by atoms with E-state index in [0.717, 1.165) is 56.7 Å². The second-order valence-electron chi connectivity index (χ2n) is 10.2. The van der Waals surface area contributed by atoms with Gasteiger partial charge in [0.15, 0.2) is 0 Å². The number of carbonyl (C=O) groups excluding carboxylic acids is 1. The molecular weight excluding hydrogens is 348 g/mol. The van der Waals surface area contributed by atoms with E-state index in [9.17, 15) is 9.90 Å². The number of hydrogen-bond acceptors (Lipinski definition) is 3. The van der Waals surface area contributed by atoms with E-state index in [0.29, 0.717) is 17.1 Å². The number of aliphatic hydroxyl groups is 1. The number of fused-ring (bicyclic) bond motifs is 5. The lowest BCUT2D eigenvalue weighted by Gasteiger charge is -2.57. The van der Waals surface area contributed by atoms with Crippen LogP contribution in [0.4, 0.5) is 0 Å². The Morgan fingerprint density at radius 3 is 2.43 bits per heavy atom. The molecule has 4 aliphatic carbocycles. The molecule has 0 bridgehead atoms. The summed E-state index contributed by atoms with van der Waals surface area (Å²) in [6, 6.07) is 0. The maximum absolute atomic E-state index is 12.2. The van der Waals surface area contributed by atoms with Gasteiger partial charge in [0.1, 0.15) is 5.78 Å². The van der Waals surface area contributed by atoms with E-state index in [2.05, 4.69) is 19.9 Å². The summed E-state index contributed by atoms with van der Waals surface area (Å²) < 4.78 is 4.83. The summed E-state index contributed by atoms with van der Waals surface area (Å²) >= 11 is 0. The highest BCUT2D eigenvalue weighted by Crippen LogP contribution is 2.66. The van der Waals surface area contributed by atoms with Gasteiger partial charge in [0.05, 0.1) is 6.10 Å². The summed E-state index contributed by atoms with van der Waals surface area (Å²) in [5.41, 5.74) is 2.11. The molecule has 0 spiro atoms. The molecule has 7 atom stereocenters. The first-order valence-electron chi connectivity index (χ1n) is 11.7. The highest BCUT2D eigenvalue weighted by Gasteiger charge is 2.59. The van der Waals surface area contributed by atoms with Gasteiger partial charge in [-0.05, 0) is 101 Å². The fourth-order valence-electron chi connectivity index (χ4n) is 7.51. The molecule has 28 heavy (non-hydrogen) atoms. The minimum atomic E-state index is -0.117. The van der Waals surface area contributed by atoms with Crippen LogP contribution in [0.2, 0.25) is 0 Å². The number of carbonyl (C=O) groups is 1. The number of ether oxygens (including phenoxy) is 1. The molecule has 3 heteroatoms. The molecule has 1 N–H and O–H groups in total. The second kappa shape index (κ2) is 8.60. The quantitative estimate of drug-likeness (QED) is 0.642. The highest BCUT2D eigenvalue weighted by atomic mass is 16.5. The van der Waals surface area contributed by atoms with Crippen LogP contribution in [0.3, 0.4) is 0 Å². The zero-order valence-electron chi connectivity index (χ0n) is 18.8. The third-order valence-corrected chi connectivity index (χ3v) is 8.98. The number of Topliss-reactive ketones (excluding diaryl/α,β-unsaturated/α-hetero) is 1. The topological polar surface area (TPSA) is 46.5 Å². The molecule has 0 saturated heterocycles. The van der Waals surface area contributed by atoms with Crippen molar-refractivity contribution in [3.05, 3.63) is 11.6 Å². The molecule has 0 radical (unpaired) electrons. The lowest BCUT2D eigenvalue weighted by atomic mass is 9.47. The van der Waals surface area contributed by atoms with Crippen molar-refractivity contribution in [3.8, 4) is 0 Å². The number of hydrogen-bond donors (Lipinski definition) is 1. The summed E-state index contributed by atoms with van der Waals surface area (Å²) in [6.45, 7) is 12.4. The Labute approximate surface area is 172 Å². The van der Waals surface area contributed by atoms with E-state index in [1.165, 1.54) is 25.7 Å². The van der Waals surface area contributed by atoms with Crippen molar-refractivity contribution in [2.45, 2.75) is 92.1 Å². The van der Waals surface area contributed by atoms with Gasteiger partial charge >= 0.3 is 0 Å². The van der Waals surface area contributed by atoms with Crippen LogP contribution < -0.4 is 0 Å². The molecule has 0 aromatic heterocycles. The third kappa shape index (κ3) is 3.74. The molecule has 4 aliphatic rings. The van der Waals surface area contributed by atoms with Crippen LogP contribution in [0.15, 0.2) is 11.6 Å². The first kappa shape index (κ1) is 22.0. The molecule has 3 fully saturated rings. The number of aliphatic hydroxyl groups excluding tert-OH is 1. The Bertz CT molecular complexity index is 595. The predicted octanol–water partition coefficient (Wildman–Crippen LogP) is 5.56. The van der Waals surface area contributed by atoms with Crippen molar-refractivity contribution in [2.75, 3.05) is 13.2 Å². The van der Waals surface area contributed by atoms with Gasteiger partial charge in [-0.3, -0.25) is 4.79 Å². The van der Waals surface area contributed by atoms with Crippen molar-refractivity contribution in [1.29, 1.82) is 0 Å². The maximum Gasteiger partial charge on any atom is 0.133 e. The molecule has 3 saturated carbocycles. The fraction of sp³-hybridized carbons (Fsp3) is 0.880. The minimum Gasteiger partial charge on any atom is -0.393 e. The van der Waals surface area contributed by atoms with Gasteiger partial charge in [-0.25, -0.2) is 0 Å². The number of rotatable bonds is 3. The van der Waals surface area contributed by atoms with Crippen molar-refractivity contribution in [3.63, 3.8) is 0 Å². The average molecular weight is 391 g/mol. The molecule has 0 aromatic rings. The van der Waals surface area contributed by atoms with E-state index in [4.69, 9.17) is 4.74 Å². The van der Waals surface area contributed by atoms with E-state index >= 15 is 0 Å².